The summed E-state index contributed by atoms with van der Waals surface area (Å²) in [5, 5.41) is 6.38. The lowest BCUT2D eigenvalue weighted by atomic mass is 9.91. The third kappa shape index (κ3) is 3.45. The largest absolute Gasteiger partial charge is 0.353 e. The summed E-state index contributed by atoms with van der Waals surface area (Å²) in [4.78, 5) is 14.5. The Bertz CT molecular complexity index is 372. The molecule has 0 bridgehead atoms. The molecule has 2 rings (SSSR count). The molecular formula is C15H25N3O. The summed E-state index contributed by atoms with van der Waals surface area (Å²) in [7, 11) is 0. The van der Waals surface area contributed by atoms with Gasteiger partial charge in [-0.2, -0.15) is 0 Å². The monoisotopic (exact) mass is 263 g/mol. The van der Waals surface area contributed by atoms with Crippen molar-refractivity contribution in [2.45, 2.75) is 26.3 Å². The van der Waals surface area contributed by atoms with E-state index in [4.69, 9.17) is 0 Å². The minimum Gasteiger partial charge on any atom is -0.353 e. The molecule has 1 aliphatic carbocycles. The second-order valence-corrected chi connectivity index (χ2v) is 5.19. The molecule has 0 saturated carbocycles. The van der Waals surface area contributed by atoms with E-state index in [1.165, 1.54) is 5.57 Å². The Morgan fingerprint density at radius 1 is 1.47 bits per heavy atom. The van der Waals surface area contributed by atoms with Crippen LogP contribution in [0.15, 0.2) is 23.8 Å². The SMILES string of the molecule is CCN(CC)CCNC(=O)C1NCC2CC=CC=C21. The fourth-order valence-corrected chi connectivity index (χ4v) is 2.83. The van der Waals surface area contributed by atoms with Crippen molar-refractivity contribution in [3.05, 3.63) is 23.8 Å². The molecule has 2 atom stereocenters. The number of fused-ring (bicyclic) bond motifs is 1. The average molecular weight is 263 g/mol. The zero-order valence-electron chi connectivity index (χ0n) is 12.0. The number of allylic oxidation sites excluding steroid dienone is 3. The molecule has 4 nitrogen and oxygen atoms in total. The molecule has 2 aliphatic rings. The maximum Gasteiger partial charge on any atom is 0.241 e. The van der Waals surface area contributed by atoms with E-state index in [1.54, 1.807) is 0 Å². The lowest BCUT2D eigenvalue weighted by molar-refractivity contribution is -0.122. The second kappa shape index (κ2) is 6.87. The first-order valence-electron chi connectivity index (χ1n) is 7.36. The molecule has 2 unspecified atom stereocenters. The van der Waals surface area contributed by atoms with Gasteiger partial charge in [-0.1, -0.05) is 32.1 Å². The third-order valence-electron chi connectivity index (χ3n) is 4.10. The summed E-state index contributed by atoms with van der Waals surface area (Å²) in [5.41, 5.74) is 1.25. The van der Waals surface area contributed by atoms with Gasteiger partial charge in [-0.3, -0.25) is 4.79 Å². The molecule has 106 valence electrons. The summed E-state index contributed by atoms with van der Waals surface area (Å²) in [6.07, 6.45) is 7.40. The van der Waals surface area contributed by atoms with Gasteiger partial charge in [0.2, 0.25) is 5.91 Å². The van der Waals surface area contributed by atoms with E-state index in [0.717, 1.165) is 39.1 Å². The maximum atomic E-state index is 12.2. The van der Waals surface area contributed by atoms with Crippen LogP contribution in [-0.2, 0) is 4.79 Å². The lowest BCUT2D eigenvalue weighted by Crippen LogP contribution is -2.44. The van der Waals surface area contributed by atoms with Crippen LogP contribution in [0.1, 0.15) is 20.3 Å². The average Bonchev–Trinajstić information content (AvgIpc) is 2.87. The van der Waals surface area contributed by atoms with Crippen LogP contribution in [0.4, 0.5) is 0 Å². The molecule has 19 heavy (non-hydrogen) atoms. The van der Waals surface area contributed by atoms with Gasteiger partial charge >= 0.3 is 0 Å². The number of carbonyl (C=O) groups excluding carboxylic acids is 1. The van der Waals surface area contributed by atoms with Crippen molar-refractivity contribution in [2.24, 2.45) is 5.92 Å². The van der Waals surface area contributed by atoms with Crippen molar-refractivity contribution in [1.82, 2.24) is 15.5 Å². The Morgan fingerprint density at radius 3 is 3.00 bits per heavy atom. The van der Waals surface area contributed by atoms with Crippen molar-refractivity contribution >= 4 is 5.91 Å². The minimum atomic E-state index is -0.119. The molecule has 1 fully saturated rings. The van der Waals surface area contributed by atoms with Gasteiger partial charge in [0.15, 0.2) is 0 Å². The van der Waals surface area contributed by atoms with Gasteiger partial charge in [0.25, 0.3) is 0 Å². The zero-order chi connectivity index (χ0) is 13.7. The molecule has 1 heterocycles. The van der Waals surface area contributed by atoms with E-state index in [-0.39, 0.29) is 11.9 Å². The number of carbonyl (C=O) groups is 1. The van der Waals surface area contributed by atoms with Gasteiger partial charge in [-0.15, -0.1) is 0 Å². The quantitative estimate of drug-likeness (QED) is 0.749. The predicted octanol–water partition coefficient (Wildman–Crippen LogP) is 0.919. The topological polar surface area (TPSA) is 44.4 Å². The van der Waals surface area contributed by atoms with Crippen molar-refractivity contribution in [1.29, 1.82) is 0 Å². The molecule has 4 heteroatoms. The summed E-state index contributed by atoms with van der Waals surface area (Å²) in [6, 6.07) is -0.119. The highest BCUT2D eigenvalue weighted by molar-refractivity contribution is 5.86. The number of nitrogens with one attached hydrogen (secondary N) is 2. The molecule has 1 amide bonds. The van der Waals surface area contributed by atoms with Crippen molar-refractivity contribution in [2.75, 3.05) is 32.7 Å². The number of likely N-dealkylation sites (N-methyl/N-ethyl adjacent to an activating group) is 1. The Hall–Kier alpha value is -1.13. The maximum absolute atomic E-state index is 12.2. The number of rotatable bonds is 6. The lowest BCUT2D eigenvalue weighted by Gasteiger charge is -2.20. The highest BCUT2D eigenvalue weighted by atomic mass is 16.2. The van der Waals surface area contributed by atoms with Crippen molar-refractivity contribution in [3.63, 3.8) is 0 Å². The first-order valence-corrected chi connectivity index (χ1v) is 7.36. The first-order chi connectivity index (χ1) is 9.26. The molecule has 1 aliphatic heterocycles. The van der Waals surface area contributed by atoms with E-state index in [9.17, 15) is 4.79 Å². The molecule has 0 aromatic carbocycles. The standard InChI is InChI=1S/C15H25N3O/c1-3-18(4-2)10-9-16-15(19)14-13-8-6-5-7-12(13)11-17-14/h5-6,8,12,14,17H,3-4,7,9-11H2,1-2H3,(H,16,19). The normalized spacial score (nSPS) is 25.3. The minimum absolute atomic E-state index is 0.119. The van der Waals surface area contributed by atoms with Gasteiger partial charge in [0, 0.05) is 19.6 Å². The first kappa shape index (κ1) is 14.3. The van der Waals surface area contributed by atoms with Crippen molar-refractivity contribution in [3.8, 4) is 0 Å². The number of hydrogen-bond acceptors (Lipinski definition) is 3. The Balaban J connectivity index is 1.80. The van der Waals surface area contributed by atoms with Gasteiger partial charge in [-0.25, -0.2) is 0 Å². The van der Waals surface area contributed by atoms with E-state index >= 15 is 0 Å². The molecule has 0 spiro atoms. The van der Waals surface area contributed by atoms with Crippen molar-refractivity contribution < 1.29 is 4.79 Å². The van der Waals surface area contributed by atoms with Crippen LogP contribution in [0.5, 0.6) is 0 Å². The third-order valence-corrected chi connectivity index (χ3v) is 4.10. The van der Waals surface area contributed by atoms with Gasteiger partial charge in [-0.05, 0) is 31.0 Å². The second-order valence-electron chi connectivity index (χ2n) is 5.19. The van der Waals surface area contributed by atoms with Crippen LogP contribution in [0.2, 0.25) is 0 Å². The highest BCUT2D eigenvalue weighted by Gasteiger charge is 2.34. The fourth-order valence-electron chi connectivity index (χ4n) is 2.83. The summed E-state index contributed by atoms with van der Waals surface area (Å²) >= 11 is 0. The number of nitrogens with zero attached hydrogens (tertiary/aromatic N) is 1. The summed E-state index contributed by atoms with van der Waals surface area (Å²) in [5.74, 6) is 0.639. The Labute approximate surface area is 115 Å². The van der Waals surface area contributed by atoms with E-state index in [1.807, 2.05) is 0 Å². The van der Waals surface area contributed by atoms with Crippen LogP contribution in [0, 0.1) is 5.92 Å². The predicted molar refractivity (Wildman–Crippen MR) is 77.9 cm³/mol. The van der Waals surface area contributed by atoms with Gasteiger partial charge in [0.1, 0.15) is 6.04 Å². The van der Waals surface area contributed by atoms with Gasteiger partial charge < -0.3 is 15.5 Å². The Morgan fingerprint density at radius 2 is 2.26 bits per heavy atom. The number of amides is 1. The van der Waals surface area contributed by atoms with Crippen LogP contribution >= 0.6 is 0 Å². The van der Waals surface area contributed by atoms with Crippen LogP contribution in [0.25, 0.3) is 0 Å². The number of hydrogen-bond donors (Lipinski definition) is 2. The molecule has 0 aromatic heterocycles. The van der Waals surface area contributed by atoms with Gasteiger partial charge in [0.05, 0.1) is 0 Å². The molecule has 1 saturated heterocycles. The highest BCUT2D eigenvalue weighted by Crippen LogP contribution is 2.28. The van der Waals surface area contributed by atoms with Crippen LogP contribution in [-0.4, -0.2) is 49.6 Å². The molecular weight excluding hydrogens is 238 g/mol. The molecule has 0 aromatic rings. The van der Waals surface area contributed by atoms with E-state index in [0.29, 0.717) is 5.92 Å². The van der Waals surface area contributed by atoms with Crippen LogP contribution < -0.4 is 10.6 Å². The molecule has 0 radical (unpaired) electrons. The van der Waals surface area contributed by atoms with E-state index < -0.39 is 0 Å². The summed E-state index contributed by atoms with van der Waals surface area (Å²) < 4.78 is 0. The summed E-state index contributed by atoms with van der Waals surface area (Å²) in [6.45, 7) is 8.93. The fraction of sp³-hybridized carbons (Fsp3) is 0.667. The smallest absolute Gasteiger partial charge is 0.241 e. The zero-order valence-corrected chi connectivity index (χ0v) is 12.0. The van der Waals surface area contributed by atoms with E-state index in [2.05, 4.69) is 47.6 Å². The molecule has 2 N–H and O–H groups in total. The Kier molecular flexibility index (Phi) is 5.16. The van der Waals surface area contributed by atoms with Crippen LogP contribution in [0.3, 0.4) is 0 Å².